The molecular formula is C11H15N3O. The summed E-state index contributed by atoms with van der Waals surface area (Å²) < 4.78 is 1.54. The maximum atomic E-state index is 11.3. The molecule has 2 aromatic rings. The Hall–Kier alpha value is -1.58. The normalized spacial score (nSPS) is 12.2. The van der Waals surface area contributed by atoms with Crippen molar-refractivity contribution in [3.63, 3.8) is 0 Å². The van der Waals surface area contributed by atoms with Crippen LogP contribution in [-0.4, -0.2) is 14.6 Å². The third kappa shape index (κ3) is 2.09. The zero-order valence-corrected chi connectivity index (χ0v) is 9.24. The van der Waals surface area contributed by atoms with Gasteiger partial charge in [-0.3, -0.25) is 4.40 Å². The van der Waals surface area contributed by atoms with Crippen LogP contribution in [0.15, 0.2) is 23.1 Å². The van der Waals surface area contributed by atoms with Gasteiger partial charge in [-0.1, -0.05) is 26.8 Å². The highest BCUT2D eigenvalue weighted by Crippen LogP contribution is 2.20. The zero-order valence-electron chi connectivity index (χ0n) is 9.24. The number of H-pyrrole nitrogens is 1. The van der Waals surface area contributed by atoms with Crippen LogP contribution in [0, 0.1) is 5.41 Å². The Labute approximate surface area is 87.9 Å². The van der Waals surface area contributed by atoms with Crippen molar-refractivity contribution >= 4 is 5.65 Å². The lowest BCUT2D eigenvalue weighted by atomic mass is 9.89. The Morgan fingerprint density at radius 2 is 2.13 bits per heavy atom. The van der Waals surface area contributed by atoms with Crippen molar-refractivity contribution in [2.45, 2.75) is 27.2 Å². The lowest BCUT2D eigenvalue weighted by molar-refractivity contribution is 0.410. The summed E-state index contributed by atoms with van der Waals surface area (Å²) in [6, 6.07) is 3.87. The highest BCUT2D eigenvalue weighted by Gasteiger charge is 2.12. The van der Waals surface area contributed by atoms with Crippen molar-refractivity contribution in [3.8, 4) is 0 Å². The van der Waals surface area contributed by atoms with E-state index in [2.05, 4.69) is 31.0 Å². The maximum Gasteiger partial charge on any atom is 0.347 e. The molecule has 4 nitrogen and oxygen atoms in total. The third-order valence-electron chi connectivity index (χ3n) is 2.21. The molecular weight excluding hydrogens is 190 g/mol. The molecule has 0 aliphatic heterocycles. The van der Waals surface area contributed by atoms with Crippen LogP contribution >= 0.6 is 0 Å². The Morgan fingerprint density at radius 3 is 2.80 bits per heavy atom. The maximum absolute atomic E-state index is 11.3. The SMILES string of the molecule is CC(C)(C)Cc1ccc2n[nH]c(=O)n2c1. The van der Waals surface area contributed by atoms with Crippen molar-refractivity contribution in [2.24, 2.45) is 5.41 Å². The molecule has 2 heterocycles. The van der Waals surface area contributed by atoms with Crippen LogP contribution in [-0.2, 0) is 6.42 Å². The largest absolute Gasteiger partial charge is 0.347 e. The molecule has 0 unspecified atom stereocenters. The quantitative estimate of drug-likeness (QED) is 0.769. The van der Waals surface area contributed by atoms with Crippen LogP contribution in [0.25, 0.3) is 5.65 Å². The number of hydrogen-bond donors (Lipinski definition) is 1. The molecule has 0 spiro atoms. The van der Waals surface area contributed by atoms with Crippen molar-refractivity contribution in [1.82, 2.24) is 14.6 Å². The summed E-state index contributed by atoms with van der Waals surface area (Å²) >= 11 is 0. The number of aromatic amines is 1. The van der Waals surface area contributed by atoms with Gasteiger partial charge in [0.15, 0.2) is 5.65 Å². The number of aromatic nitrogens is 3. The molecule has 15 heavy (non-hydrogen) atoms. The van der Waals surface area contributed by atoms with Gasteiger partial charge in [0.25, 0.3) is 0 Å². The van der Waals surface area contributed by atoms with Gasteiger partial charge in [0.1, 0.15) is 0 Å². The number of hydrogen-bond acceptors (Lipinski definition) is 2. The molecule has 80 valence electrons. The summed E-state index contributed by atoms with van der Waals surface area (Å²) in [5, 5.41) is 6.31. The number of pyridine rings is 1. The molecule has 0 radical (unpaired) electrons. The number of nitrogens with zero attached hydrogens (tertiary/aromatic N) is 2. The Balaban J connectivity index is 2.46. The fraction of sp³-hybridized carbons (Fsp3) is 0.455. The molecule has 0 aliphatic carbocycles. The monoisotopic (exact) mass is 205 g/mol. The second kappa shape index (κ2) is 3.22. The standard InChI is InChI=1S/C11H15N3O/c1-11(2,3)6-8-4-5-9-12-13-10(15)14(9)7-8/h4-5,7H,6H2,1-3H3,(H,13,15). The van der Waals surface area contributed by atoms with Gasteiger partial charge < -0.3 is 0 Å². The van der Waals surface area contributed by atoms with Crippen LogP contribution in [0.5, 0.6) is 0 Å². The van der Waals surface area contributed by atoms with Crippen molar-refractivity contribution < 1.29 is 0 Å². The van der Waals surface area contributed by atoms with E-state index in [4.69, 9.17) is 0 Å². The van der Waals surface area contributed by atoms with Gasteiger partial charge in [-0.15, -0.1) is 0 Å². The van der Waals surface area contributed by atoms with Crippen LogP contribution in [0.3, 0.4) is 0 Å². The fourth-order valence-electron chi connectivity index (χ4n) is 1.67. The molecule has 4 heteroatoms. The lowest BCUT2D eigenvalue weighted by Crippen LogP contribution is -2.13. The first-order valence-electron chi connectivity index (χ1n) is 5.01. The summed E-state index contributed by atoms with van der Waals surface area (Å²) in [5.74, 6) is 0. The topological polar surface area (TPSA) is 50.2 Å². The minimum absolute atomic E-state index is 0.180. The van der Waals surface area contributed by atoms with Gasteiger partial charge in [-0.2, -0.15) is 5.10 Å². The average Bonchev–Trinajstić information content (AvgIpc) is 2.45. The minimum atomic E-state index is -0.180. The van der Waals surface area contributed by atoms with Crippen molar-refractivity contribution in [2.75, 3.05) is 0 Å². The van der Waals surface area contributed by atoms with E-state index < -0.39 is 0 Å². The van der Waals surface area contributed by atoms with E-state index in [0.717, 1.165) is 12.0 Å². The minimum Gasteiger partial charge on any atom is -0.250 e. The second-order valence-corrected chi connectivity index (χ2v) is 5.03. The molecule has 0 aromatic carbocycles. The number of fused-ring (bicyclic) bond motifs is 1. The first-order valence-corrected chi connectivity index (χ1v) is 5.01. The molecule has 2 rings (SSSR count). The smallest absolute Gasteiger partial charge is 0.250 e. The number of rotatable bonds is 1. The highest BCUT2D eigenvalue weighted by molar-refractivity contribution is 5.37. The van der Waals surface area contributed by atoms with E-state index in [0.29, 0.717) is 5.65 Å². The zero-order chi connectivity index (χ0) is 11.1. The van der Waals surface area contributed by atoms with E-state index in [-0.39, 0.29) is 11.1 Å². The summed E-state index contributed by atoms with van der Waals surface area (Å²) in [4.78, 5) is 11.3. The number of nitrogens with one attached hydrogen (secondary N) is 1. The Kier molecular flexibility index (Phi) is 2.14. The Morgan fingerprint density at radius 1 is 1.40 bits per heavy atom. The lowest BCUT2D eigenvalue weighted by Gasteiger charge is -2.17. The van der Waals surface area contributed by atoms with Gasteiger partial charge in [-0.05, 0) is 23.5 Å². The first kappa shape index (κ1) is 9.96. The highest BCUT2D eigenvalue weighted by atomic mass is 16.1. The summed E-state index contributed by atoms with van der Waals surface area (Å²) in [6.45, 7) is 6.53. The second-order valence-electron chi connectivity index (χ2n) is 5.03. The van der Waals surface area contributed by atoms with Gasteiger partial charge in [0.2, 0.25) is 0 Å². The molecule has 1 N–H and O–H groups in total. The van der Waals surface area contributed by atoms with Crippen LogP contribution in [0.1, 0.15) is 26.3 Å². The van der Waals surface area contributed by atoms with E-state index in [1.807, 2.05) is 18.3 Å². The molecule has 0 amide bonds. The molecule has 0 atom stereocenters. The van der Waals surface area contributed by atoms with Gasteiger partial charge >= 0.3 is 5.69 Å². The Bertz CT molecular complexity index is 530. The van der Waals surface area contributed by atoms with E-state index in [1.54, 1.807) is 4.40 Å². The fourth-order valence-corrected chi connectivity index (χ4v) is 1.67. The molecule has 2 aromatic heterocycles. The van der Waals surface area contributed by atoms with Gasteiger partial charge in [-0.25, -0.2) is 9.89 Å². The van der Waals surface area contributed by atoms with Crippen LogP contribution in [0.4, 0.5) is 0 Å². The molecule has 0 saturated carbocycles. The first-order chi connectivity index (χ1) is 6.96. The summed E-state index contributed by atoms with van der Waals surface area (Å²) in [7, 11) is 0. The molecule has 0 fully saturated rings. The van der Waals surface area contributed by atoms with Gasteiger partial charge in [0.05, 0.1) is 0 Å². The third-order valence-corrected chi connectivity index (χ3v) is 2.21. The molecule has 0 bridgehead atoms. The summed E-state index contributed by atoms with van der Waals surface area (Å²) in [5.41, 5.74) is 1.86. The summed E-state index contributed by atoms with van der Waals surface area (Å²) in [6.07, 6.45) is 2.80. The van der Waals surface area contributed by atoms with E-state index >= 15 is 0 Å². The predicted octanol–water partition coefficient (Wildman–Crippen LogP) is 1.61. The average molecular weight is 205 g/mol. The molecule has 0 aliphatic rings. The van der Waals surface area contributed by atoms with E-state index in [9.17, 15) is 4.79 Å². The van der Waals surface area contributed by atoms with Gasteiger partial charge in [0, 0.05) is 6.20 Å². The predicted molar refractivity (Wildman–Crippen MR) is 59.0 cm³/mol. The van der Waals surface area contributed by atoms with Crippen LogP contribution < -0.4 is 5.69 Å². The van der Waals surface area contributed by atoms with Crippen LogP contribution in [0.2, 0.25) is 0 Å². The molecule has 0 saturated heterocycles. The van der Waals surface area contributed by atoms with Crippen molar-refractivity contribution in [3.05, 3.63) is 34.4 Å². The van der Waals surface area contributed by atoms with E-state index in [1.165, 1.54) is 0 Å². The van der Waals surface area contributed by atoms with Crippen molar-refractivity contribution in [1.29, 1.82) is 0 Å².